The number of hydrogen-bond acceptors (Lipinski definition) is 2. The number of amides is 1. The van der Waals surface area contributed by atoms with Gasteiger partial charge in [0.15, 0.2) is 0 Å². The fourth-order valence-electron chi connectivity index (χ4n) is 1.67. The van der Waals surface area contributed by atoms with Crippen molar-refractivity contribution in [2.75, 3.05) is 7.11 Å². The van der Waals surface area contributed by atoms with Crippen LogP contribution in [-0.2, 0) is 4.79 Å². The van der Waals surface area contributed by atoms with Crippen LogP contribution in [0.2, 0.25) is 0 Å². The fraction of sp³-hybridized carbons (Fsp3) is 0.462. The second-order valence-electron chi connectivity index (χ2n) is 4.20. The van der Waals surface area contributed by atoms with E-state index >= 15 is 0 Å². The molecule has 0 aromatic heterocycles. The first-order chi connectivity index (χ1) is 7.54. The van der Waals surface area contributed by atoms with Crippen LogP contribution in [0.1, 0.15) is 32.4 Å². The lowest BCUT2D eigenvalue weighted by Gasteiger charge is -2.22. The van der Waals surface area contributed by atoms with Crippen LogP contribution >= 0.6 is 0 Å². The number of nitrogens with one attached hydrogen (secondary N) is 1. The maximum absolute atomic E-state index is 11.1. The largest absolute Gasteiger partial charge is 0.497 e. The molecule has 1 rings (SSSR count). The van der Waals surface area contributed by atoms with Crippen LogP contribution in [0.5, 0.6) is 5.75 Å². The molecular weight excluding hydrogens is 202 g/mol. The van der Waals surface area contributed by atoms with Crippen molar-refractivity contribution in [3.63, 3.8) is 0 Å². The lowest BCUT2D eigenvalue weighted by molar-refractivity contribution is -0.120. The monoisotopic (exact) mass is 221 g/mol. The van der Waals surface area contributed by atoms with Gasteiger partial charge in [0, 0.05) is 6.92 Å². The van der Waals surface area contributed by atoms with Crippen molar-refractivity contribution in [1.29, 1.82) is 0 Å². The Hall–Kier alpha value is -1.51. The SMILES string of the molecule is COc1ccc([C@@H](NC(C)=O)C(C)C)cc1. The summed E-state index contributed by atoms with van der Waals surface area (Å²) in [6, 6.07) is 7.85. The van der Waals surface area contributed by atoms with E-state index in [0.717, 1.165) is 11.3 Å². The lowest BCUT2D eigenvalue weighted by atomic mass is 9.96. The topological polar surface area (TPSA) is 38.3 Å². The van der Waals surface area contributed by atoms with Gasteiger partial charge >= 0.3 is 0 Å². The van der Waals surface area contributed by atoms with Crippen LogP contribution in [0, 0.1) is 5.92 Å². The van der Waals surface area contributed by atoms with E-state index in [0.29, 0.717) is 5.92 Å². The first-order valence-corrected chi connectivity index (χ1v) is 5.45. The Morgan fingerprint density at radius 1 is 1.25 bits per heavy atom. The molecule has 0 unspecified atom stereocenters. The molecule has 88 valence electrons. The number of ether oxygens (including phenoxy) is 1. The van der Waals surface area contributed by atoms with E-state index in [1.54, 1.807) is 14.0 Å². The van der Waals surface area contributed by atoms with Crippen molar-refractivity contribution in [2.24, 2.45) is 5.92 Å². The van der Waals surface area contributed by atoms with Gasteiger partial charge in [0.25, 0.3) is 0 Å². The molecule has 16 heavy (non-hydrogen) atoms. The van der Waals surface area contributed by atoms with Crippen molar-refractivity contribution in [2.45, 2.75) is 26.8 Å². The zero-order valence-corrected chi connectivity index (χ0v) is 10.3. The van der Waals surface area contributed by atoms with Gasteiger partial charge in [-0.05, 0) is 23.6 Å². The average Bonchev–Trinajstić information content (AvgIpc) is 2.25. The summed E-state index contributed by atoms with van der Waals surface area (Å²) in [5.41, 5.74) is 1.10. The third-order valence-corrected chi connectivity index (χ3v) is 2.50. The minimum Gasteiger partial charge on any atom is -0.497 e. The third kappa shape index (κ3) is 3.26. The number of carbonyl (C=O) groups is 1. The van der Waals surface area contributed by atoms with Crippen LogP contribution in [-0.4, -0.2) is 13.0 Å². The molecule has 0 aliphatic heterocycles. The van der Waals surface area contributed by atoms with E-state index in [9.17, 15) is 4.79 Å². The van der Waals surface area contributed by atoms with Crippen LogP contribution < -0.4 is 10.1 Å². The summed E-state index contributed by atoms with van der Waals surface area (Å²) in [5.74, 6) is 1.18. The smallest absolute Gasteiger partial charge is 0.217 e. The summed E-state index contributed by atoms with van der Waals surface area (Å²) in [4.78, 5) is 11.1. The third-order valence-electron chi connectivity index (χ3n) is 2.50. The van der Waals surface area contributed by atoms with Crippen molar-refractivity contribution >= 4 is 5.91 Å². The van der Waals surface area contributed by atoms with Crippen LogP contribution in [0.25, 0.3) is 0 Å². The van der Waals surface area contributed by atoms with Gasteiger partial charge in [-0.2, -0.15) is 0 Å². The number of hydrogen-bond donors (Lipinski definition) is 1. The van der Waals surface area contributed by atoms with Gasteiger partial charge in [0.2, 0.25) is 5.91 Å². The molecule has 0 heterocycles. The highest BCUT2D eigenvalue weighted by atomic mass is 16.5. The molecule has 0 saturated carbocycles. The Kier molecular flexibility index (Phi) is 4.35. The maximum Gasteiger partial charge on any atom is 0.217 e. The normalized spacial score (nSPS) is 12.3. The quantitative estimate of drug-likeness (QED) is 0.848. The fourth-order valence-corrected chi connectivity index (χ4v) is 1.67. The van der Waals surface area contributed by atoms with Crippen molar-refractivity contribution in [3.8, 4) is 5.75 Å². The van der Waals surface area contributed by atoms with Crippen molar-refractivity contribution in [3.05, 3.63) is 29.8 Å². The average molecular weight is 221 g/mol. The van der Waals surface area contributed by atoms with Gasteiger partial charge in [-0.3, -0.25) is 4.79 Å². The summed E-state index contributed by atoms with van der Waals surface area (Å²) < 4.78 is 5.10. The van der Waals surface area contributed by atoms with Crippen molar-refractivity contribution < 1.29 is 9.53 Å². The summed E-state index contributed by atoms with van der Waals surface area (Å²) in [7, 11) is 1.64. The summed E-state index contributed by atoms with van der Waals surface area (Å²) >= 11 is 0. The first kappa shape index (κ1) is 12.6. The first-order valence-electron chi connectivity index (χ1n) is 5.45. The standard InChI is InChI=1S/C13H19NO2/c1-9(2)13(14-10(3)15)11-5-7-12(16-4)8-6-11/h5-9,13H,1-4H3,(H,14,15)/t13-/m0/s1. The number of rotatable bonds is 4. The van der Waals surface area contributed by atoms with Crippen LogP contribution in [0.15, 0.2) is 24.3 Å². The van der Waals surface area contributed by atoms with Gasteiger partial charge in [0.05, 0.1) is 13.2 Å². The molecule has 0 bridgehead atoms. The molecule has 0 aliphatic carbocycles. The molecular formula is C13H19NO2. The maximum atomic E-state index is 11.1. The predicted octanol–water partition coefficient (Wildman–Crippen LogP) is 2.53. The lowest BCUT2D eigenvalue weighted by Crippen LogP contribution is -2.29. The van der Waals surface area contributed by atoms with Gasteiger partial charge in [0.1, 0.15) is 5.75 Å². The van der Waals surface area contributed by atoms with E-state index < -0.39 is 0 Å². The molecule has 0 saturated heterocycles. The summed E-state index contributed by atoms with van der Waals surface area (Å²) in [6.07, 6.45) is 0. The van der Waals surface area contributed by atoms with Gasteiger partial charge in [-0.15, -0.1) is 0 Å². The molecule has 0 aliphatic rings. The van der Waals surface area contributed by atoms with E-state index in [4.69, 9.17) is 4.74 Å². The Balaban J connectivity index is 2.88. The summed E-state index contributed by atoms with van der Waals surface area (Å²) in [5, 5.41) is 2.95. The molecule has 3 heteroatoms. The van der Waals surface area contributed by atoms with E-state index in [2.05, 4.69) is 19.2 Å². The highest BCUT2D eigenvalue weighted by Crippen LogP contribution is 2.23. The molecule has 1 N–H and O–H groups in total. The highest BCUT2D eigenvalue weighted by molar-refractivity contribution is 5.73. The Morgan fingerprint density at radius 2 is 1.81 bits per heavy atom. The zero-order valence-electron chi connectivity index (χ0n) is 10.3. The number of benzene rings is 1. The highest BCUT2D eigenvalue weighted by Gasteiger charge is 2.16. The minimum absolute atomic E-state index is 0.00508. The minimum atomic E-state index is -0.00508. The molecule has 1 atom stereocenters. The predicted molar refractivity (Wildman–Crippen MR) is 64.4 cm³/mol. The molecule has 0 fully saturated rings. The van der Waals surface area contributed by atoms with E-state index in [1.807, 2.05) is 24.3 Å². The van der Waals surface area contributed by atoms with E-state index in [1.165, 1.54) is 0 Å². The summed E-state index contributed by atoms with van der Waals surface area (Å²) in [6.45, 7) is 5.72. The number of methoxy groups -OCH3 is 1. The Bertz CT molecular complexity index is 343. The second-order valence-corrected chi connectivity index (χ2v) is 4.20. The Morgan fingerprint density at radius 3 is 2.19 bits per heavy atom. The second kappa shape index (κ2) is 5.54. The van der Waals surface area contributed by atoms with Crippen LogP contribution in [0.3, 0.4) is 0 Å². The van der Waals surface area contributed by atoms with Gasteiger partial charge < -0.3 is 10.1 Å². The molecule has 1 aromatic carbocycles. The van der Waals surface area contributed by atoms with Gasteiger partial charge in [-0.25, -0.2) is 0 Å². The molecule has 1 amide bonds. The van der Waals surface area contributed by atoms with E-state index in [-0.39, 0.29) is 11.9 Å². The molecule has 0 radical (unpaired) electrons. The number of carbonyl (C=O) groups excluding carboxylic acids is 1. The molecule has 0 spiro atoms. The Labute approximate surface area is 96.8 Å². The zero-order chi connectivity index (χ0) is 12.1. The molecule has 1 aromatic rings. The molecule has 3 nitrogen and oxygen atoms in total. The van der Waals surface area contributed by atoms with Gasteiger partial charge in [-0.1, -0.05) is 26.0 Å². The van der Waals surface area contributed by atoms with Crippen molar-refractivity contribution in [1.82, 2.24) is 5.32 Å². The van der Waals surface area contributed by atoms with Crippen LogP contribution in [0.4, 0.5) is 0 Å².